The van der Waals surface area contributed by atoms with Crippen LogP contribution < -0.4 is 10.1 Å². The number of methoxy groups -OCH3 is 1. The summed E-state index contributed by atoms with van der Waals surface area (Å²) in [5.74, 6) is 2.00. The van der Waals surface area contributed by atoms with Crippen LogP contribution in [0.25, 0.3) is 0 Å². The Labute approximate surface area is 109 Å². The smallest absolute Gasteiger partial charge is 0.213 e. The van der Waals surface area contributed by atoms with Gasteiger partial charge in [-0.1, -0.05) is 19.9 Å². The van der Waals surface area contributed by atoms with E-state index in [1.165, 1.54) is 18.5 Å². The molecule has 2 aliphatic rings. The molecule has 2 saturated carbocycles. The molecule has 0 amide bonds. The Morgan fingerprint density at radius 3 is 2.83 bits per heavy atom. The average Bonchev–Trinajstić information content (AvgIpc) is 3.24. The molecule has 0 radical (unpaired) electrons. The molecule has 98 valence electrons. The first-order chi connectivity index (χ1) is 8.63. The number of rotatable bonds is 5. The molecule has 3 rings (SSSR count). The van der Waals surface area contributed by atoms with Crippen LogP contribution >= 0.6 is 0 Å². The van der Waals surface area contributed by atoms with Crippen molar-refractivity contribution in [2.75, 3.05) is 13.7 Å². The molecule has 1 N–H and O–H groups in total. The molecule has 18 heavy (non-hydrogen) atoms. The molecule has 2 fully saturated rings. The molecular formula is C15H22N2O. The summed E-state index contributed by atoms with van der Waals surface area (Å²) in [5.41, 5.74) is 1.54. The van der Waals surface area contributed by atoms with Gasteiger partial charge in [0, 0.05) is 23.7 Å². The SMILES string of the molecule is COc1cccc(C2C(CNC3CC3)C2(C)C)n1. The lowest BCUT2D eigenvalue weighted by molar-refractivity contribution is 0.395. The Kier molecular flexibility index (Phi) is 2.81. The molecule has 0 saturated heterocycles. The zero-order valence-corrected chi connectivity index (χ0v) is 11.4. The predicted octanol–water partition coefficient (Wildman–Crippen LogP) is 2.58. The Morgan fingerprint density at radius 1 is 1.39 bits per heavy atom. The maximum atomic E-state index is 5.22. The molecule has 0 aromatic carbocycles. The number of hydrogen-bond donors (Lipinski definition) is 1. The molecule has 0 aliphatic heterocycles. The highest BCUT2D eigenvalue weighted by Crippen LogP contribution is 2.63. The quantitative estimate of drug-likeness (QED) is 0.867. The fourth-order valence-corrected chi connectivity index (χ4v) is 3.01. The largest absolute Gasteiger partial charge is 0.481 e. The first-order valence-corrected chi connectivity index (χ1v) is 6.87. The third kappa shape index (κ3) is 2.12. The van der Waals surface area contributed by atoms with Crippen LogP contribution in [0.15, 0.2) is 18.2 Å². The number of nitrogens with zero attached hydrogens (tertiary/aromatic N) is 1. The van der Waals surface area contributed by atoms with Gasteiger partial charge in [-0.05, 0) is 36.8 Å². The van der Waals surface area contributed by atoms with Gasteiger partial charge in [-0.3, -0.25) is 0 Å². The number of aromatic nitrogens is 1. The first kappa shape index (κ1) is 12.0. The van der Waals surface area contributed by atoms with Gasteiger partial charge in [-0.25, -0.2) is 4.98 Å². The van der Waals surface area contributed by atoms with Gasteiger partial charge in [0.2, 0.25) is 5.88 Å². The minimum absolute atomic E-state index is 0.362. The zero-order valence-electron chi connectivity index (χ0n) is 11.4. The highest BCUT2D eigenvalue weighted by Gasteiger charge is 2.58. The van der Waals surface area contributed by atoms with Crippen molar-refractivity contribution in [3.8, 4) is 5.88 Å². The van der Waals surface area contributed by atoms with Crippen molar-refractivity contribution in [1.29, 1.82) is 0 Å². The molecule has 1 aromatic rings. The van der Waals surface area contributed by atoms with Crippen molar-refractivity contribution in [2.45, 2.75) is 38.6 Å². The fourth-order valence-electron chi connectivity index (χ4n) is 3.01. The Morgan fingerprint density at radius 2 is 2.17 bits per heavy atom. The summed E-state index contributed by atoms with van der Waals surface area (Å²) in [5, 5.41) is 3.64. The van der Waals surface area contributed by atoms with E-state index in [0.29, 0.717) is 17.3 Å². The van der Waals surface area contributed by atoms with E-state index in [-0.39, 0.29) is 0 Å². The van der Waals surface area contributed by atoms with E-state index < -0.39 is 0 Å². The van der Waals surface area contributed by atoms with Gasteiger partial charge in [0.05, 0.1) is 7.11 Å². The van der Waals surface area contributed by atoms with Crippen LogP contribution in [0.3, 0.4) is 0 Å². The molecule has 2 unspecified atom stereocenters. The molecule has 3 nitrogen and oxygen atoms in total. The van der Waals surface area contributed by atoms with Crippen LogP contribution in [0.2, 0.25) is 0 Å². The highest BCUT2D eigenvalue weighted by atomic mass is 16.5. The maximum Gasteiger partial charge on any atom is 0.213 e. The van der Waals surface area contributed by atoms with E-state index in [4.69, 9.17) is 4.74 Å². The van der Waals surface area contributed by atoms with Gasteiger partial charge >= 0.3 is 0 Å². The zero-order chi connectivity index (χ0) is 12.8. The fraction of sp³-hybridized carbons (Fsp3) is 0.667. The van der Waals surface area contributed by atoms with Crippen LogP contribution in [-0.2, 0) is 0 Å². The van der Waals surface area contributed by atoms with Crippen LogP contribution in [0.5, 0.6) is 5.88 Å². The van der Waals surface area contributed by atoms with Crippen LogP contribution in [0.1, 0.15) is 38.3 Å². The van der Waals surface area contributed by atoms with Crippen LogP contribution in [-0.4, -0.2) is 24.7 Å². The Hall–Kier alpha value is -1.09. The van der Waals surface area contributed by atoms with Crippen LogP contribution in [0.4, 0.5) is 0 Å². The van der Waals surface area contributed by atoms with Crippen molar-refractivity contribution in [3.05, 3.63) is 23.9 Å². The normalized spacial score (nSPS) is 29.1. The van der Waals surface area contributed by atoms with E-state index in [1.807, 2.05) is 12.1 Å². The lowest BCUT2D eigenvalue weighted by atomic mass is 10.1. The molecule has 1 aromatic heterocycles. The van der Waals surface area contributed by atoms with E-state index in [2.05, 4.69) is 30.2 Å². The Bertz CT molecular complexity index is 440. The molecule has 0 bridgehead atoms. The van der Waals surface area contributed by atoms with Crippen LogP contribution in [0, 0.1) is 11.3 Å². The van der Waals surface area contributed by atoms with E-state index in [9.17, 15) is 0 Å². The summed E-state index contributed by atoms with van der Waals surface area (Å²) >= 11 is 0. The second-order valence-electron chi connectivity index (χ2n) is 6.19. The molecular weight excluding hydrogens is 224 g/mol. The number of ether oxygens (including phenoxy) is 1. The molecule has 2 atom stereocenters. The Balaban J connectivity index is 1.70. The van der Waals surface area contributed by atoms with E-state index in [0.717, 1.165) is 18.5 Å². The number of hydrogen-bond acceptors (Lipinski definition) is 3. The number of pyridine rings is 1. The minimum Gasteiger partial charge on any atom is -0.481 e. The second-order valence-corrected chi connectivity index (χ2v) is 6.19. The maximum absolute atomic E-state index is 5.22. The van der Waals surface area contributed by atoms with Gasteiger partial charge < -0.3 is 10.1 Å². The number of nitrogens with one attached hydrogen (secondary N) is 1. The predicted molar refractivity (Wildman–Crippen MR) is 71.8 cm³/mol. The lowest BCUT2D eigenvalue weighted by Gasteiger charge is -2.04. The van der Waals surface area contributed by atoms with Crippen molar-refractivity contribution >= 4 is 0 Å². The lowest BCUT2D eigenvalue weighted by Crippen LogP contribution is -2.20. The van der Waals surface area contributed by atoms with Gasteiger partial charge in [0.1, 0.15) is 0 Å². The third-order valence-electron chi connectivity index (χ3n) is 4.53. The summed E-state index contributed by atoms with van der Waals surface area (Å²) in [6.45, 7) is 5.82. The first-order valence-electron chi connectivity index (χ1n) is 6.87. The standard InChI is InChI=1S/C15H22N2O/c1-15(2)11(9-16-10-7-8-10)14(15)12-5-4-6-13(17-12)18-3/h4-6,10-11,14,16H,7-9H2,1-3H3. The van der Waals surface area contributed by atoms with Gasteiger partial charge in [0.25, 0.3) is 0 Å². The second kappa shape index (κ2) is 4.23. The van der Waals surface area contributed by atoms with Crippen molar-refractivity contribution in [3.63, 3.8) is 0 Å². The summed E-state index contributed by atoms with van der Waals surface area (Å²) in [6, 6.07) is 6.88. The summed E-state index contributed by atoms with van der Waals surface area (Å²) in [4.78, 5) is 4.59. The van der Waals surface area contributed by atoms with E-state index >= 15 is 0 Å². The molecule has 2 aliphatic carbocycles. The third-order valence-corrected chi connectivity index (χ3v) is 4.53. The van der Waals surface area contributed by atoms with E-state index in [1.54, 1.807) is 7.11 Å². The van der Waals surface area contributed by atoms with Gasteiger partial charge in [0.15, 0.2) is 0 Å². The van der Waals surface area contributed by atoms with Crippen molar-refractivity contribution < 1.29 is 4.74 Å². The summed E-state index contributed by atoms with van der Waals surface area (Å²) in [7, 11) is 1.68. The molecule has 1 heterocycles. The van der Waals surface area contributed by atoms with Gasteiger partial charge in [-0.15, -0.1) is 0 Å². The topological polar surface area (TPSA) is 34.1 Å². The molecule has 3 heteroatoms. The van der Waals surface area contributed by atoms with Gasteiger partial charge in [-0.2, -0.15) is 0 Å². The minimum atomic E-state index is 0.362. The van der Waals surface area contributed by atoms with Crippen molar-refractivity contribution in [2.24, 2.45) is 11.3 Å². The van der Waals surface area contributed by atoms with Crippen molar-refractivity contribution in [1.82, 2.24) is 10.3 Å². The molecule has 0 spiro atoms. The summed E-state index contributed by atoms with van der Waals surface area (Å²) in [6.07, 6.45) is 2.71. The highest BCUT2D eigenvalue weighted by molar-refractivity contribution is 5.29. The summed E-state index contributed by atoms with van der Waals surface area (Å²) < 4.78 is 5.22. The monoisotopic (exact) mass is 246 g/mol. The average molecular weight is 246 g/mol.